The van der Waals surface area contributed by atoms with Crippen molar-refractivity contribution in [1.82, 2.24) is 4.98 Å². The van der Waals surface area contributed by atoms with Gasteiger partial charge in [0.25, 0.3) is 5.09 Å². The van der Waals surface area contributed by atoms with Crippen molar-refractivity contribution in [1.29, 1.82) is 0 Å². The number of pyridine rings is 1. The van der Waals surface area contributed by atoms with Gasteiger partial charge in [-0.15, -0.1) is 22.5 Å². The largest absolute Gasteiger partial charge is 0.459 e. The van der Waals surface area contributed by atoms with Crippen LogP contribution in [0.5, 0.6) is 0 Å². The average molecular weight is 559 g/mol. The highest BCUT2D eigenvalue weighted by Gasteiger charge is 2.26. The molecule has 0 amide bonds. The number of hydrogen-bond acceptors (Lipinski definition) is 7. The van der Waals surface area contributed by atoms with Crippen molar-refractivity contribution in [2.24, 2.45) is 0 Å². The summed E-state index contributed by atoms with van der Waals surface area (Å²) in [6.07, 6.45) is 3.50. The van der Waals surface area contributed by atoms with Gasteiger partial charge in [-0.25, -0.2) is 4.39 Å². The van der Waals surface area contributed by atoms with Gasteiger partial charge in [-0.2, -0.15) is 0 Å². The van der Waals surface area contributed by atoms with Crippen LogP contribution in [0.4, 0.5) is 4.39 Å². The molecule has 3 aromatic rings. The number of rotatable bonds is 9. The van der Waals surface area contributed by atoms with Crippen molar-refractivity contribution in [2.75, 3.05) is 6.26 Å². The summed E-state index contributed by atoms with van der Waals surface area (Å²) in [6, 6.07) is 16.6. The summed E-state index contributed by atoms with van der Waals surface area (Å²) in [5.74, 6) is -0.930. The maximum absolute atomic E-state index is 14.1. The Hall–Kier alpha value is -3.89. The Kier molecular flexibility index (Phi) is 9.49. The molecule has 0 aliphatic heterocycles. The highest BCUT2D eigenvalue weighted by Crippen LogP contribution is 2.44. The van der Waals surface area contributed by atoms with E-state index in [-0.39, 0.29) is 32.0 Å². The lowest BCUT2D eigenvalue weighted by Gasteiger charge is -2.08. The minimum Gasteiger partial charge on any atom is -0.459 e. The van der Waals surface area contributed by atoms with Gasteiger partial charge in [-0.3, -0.25) is 14.0 Å². The number of halogens is 2. The van der Waals surface area contributed by atoms with E-state index in [1.54, 1.807) is 42.7 Å². The minimum absolute atomic E-state index is 0. The normalized spacial score (nSPS) is 14.0. The number of allylic oxidation sites excluding steroid dienone is 2. The Balaban J connectivity index is 0.00000400. The zero-order chi connectivity index (χ0) is 26.5. The second kappa shape index (κ2) is 12.6. The van der Waals surface area contributed by atoms with Gasteiger partial charge in [-0.1, -0.05) is 24.3 Å². The molecule has 2 aromatic carbocycles. The van der Waals surface area contributed by atoms with Gasteiger partial charge in [0.2, 0.25) is 0 Å². The van der Waals surface area contributed by atoms with Crippen LogP contribution in [0.3, 0.4) is 0 Å². The molecule has 0 bridgehead atoms. The summed E-state index contributed by atoms with van der Waals surface area (Å²) in [5, 5.41) is 9.47. The molecule has 0 spiro atoms. The van der Waals surface area contributed by atoms with Crippen LogP contribution in [0, 0.1) is 15.9 Å². The van der Waals surface area contributed by atoms with Crippen LogP contribution in [0.2, 0.25) is 0 Å². The highest BCUT2D eigenvalue weighted by atomic mass is 35.5. The van der Waals surface area contributed by atoms with E-state index in [0.29, 0.717) is 22.5 Å². The van der Waals surface area contributed by atoms with Gasteiger partial charge in [0.15, 0.2) is 0 Å². The molecule has 0 saturated carbocycles. The van der Waals surface area contributed by atoms with E-state index in [2.05, 4.69) is 9.82 Å². The predicted octanol–water partition coefficient (Wildman–Crippen LogP) is 5.55. The van der Waals surface area contributed by atoms with Crippen molar-refractivity contribution in [3.05, 3.63) is 110 Å². The Morgan fingerprint density at radius 2 is 1.76 bits per heavy atom. The van der Waals surface area contributed by atoms with E-state index in [9.17, 15) is 23.5 Å². The zero-order valence-electron chi connectivity index (χ0n) is 20.5. The SMILES string of the molecule is CC1=C(CC(=O)OCc2cccc(CO[N+](=O)[O-])n2)c2cc(F)ccc2/C1=C\c1ccc(S(C)=O)cc1.Cl. The number of esters is 1. The quantitative estimate of drug-likeness (QED) is 0.192. The average Bonchev–Trinajstić information content (AvgIpc) is 3.12. The van der Waals surface area contributed by atoms with Gasteiger partial charge >= 0.3 is 5.97 Å². The lowest BCUT2D eigenvalue weighted by Crippen LogP contribution is -2.08. The number of benzene rings is 2. The monoisotopic (exact) mass is 558 g/mol. The predicted molar refractivity (Wildman–Crippen MR) is 143 cm³/mol. The number of aromatic nitrogens is 1. The zero-order valence-corrected chi connectivity index (χ0v) is 22.1. The fraction of sp³-hybridized carbons (Fsp3) is 0.185. The highest BCUT2D eigenvalue weighted by molar-refractivity contribution is 7.84. The Morgan fingerprint density at radius 3 is 2.42 bits per heavy atom. The molecule has 1 aliphatic rings. The summed E-state index contributed by atoms with van der Waals surface area (Å²) in [7, 11) is -1.08. The summed E-state index contributed by atoms with van der Waals surface area (Å²) in [5.41, 5.74) is 5.43. The molecule has 1 aromatic heterocycles. The van der Waals surface area contributed by atoms with E-state index in [4.69, 9.17) is 4.74 Å². The molecule has 0 radical (unpaired) electrons. The molecular formula is C27H24ClFN2O6S. The molecule has 11 heteroatoms. The topological polar surface area (TPSA) is 109 Å². The number of fused-ring (bicyclic) bond motifs is 1. The van der Waals surface area contributed by atoms with Crippen LogP contribution in [0.25, 0.3) is 17.2 Å². The third kappa shape index (κ3) is 6.90. The minimum atomic E-state index is -1.08. The fourth-order valence-electron chi connectivity index (χ4n) is 4.06. The van der Waals surface area contributed by atoms with Gasteiger partial charge < -0.3 is 9.57 Å². The molecule has 1 atom stereocenters. The molecule has 0 N–H and O–H groups in total. The van der Waals surface area contributed by atoms with Crippen molar-refractivity contribution in [2.45, 2.75) is 31.5 Å². The number of nitrogens with zero attached hydrogens (tertiary/aromatic N) is 2. The Labute approximate surface area is 227 Å². The van der Waals surface area contributed by atoms with Gasteiger partial charge in [-0.05, 0) is 82.8 Å². The second-order valence-electron chi connectivity index (χ2n) is 8.33. The van der Waals surface area contributed by atoms with Crippen LogP contribution in [-0.4, -0.2) is 26.5 Å². The Bertz CT molecular complexity index is 1460. The molecule has 0 saturated heterocycles. The molecule has 0 fully saturated rings. The summed E-state index contributed by atoms with van der Waals surface area (Å²) >= 11 is 0. The first-order valence-electron chi connectivity index (χ1n) is 11.2. The standard InChI is InChI=1S/C27H23FN2O6S.ClH/c1-17-24(12-18-6-9-22(10-7-18)37(2)34)23-11-8-19(28)13-26(23)25(17)14-27(31)35-15-20-4-3-5-21(29-20)16-36-30(32)33;/h3-13H,14-16H2,1-2H3;1H/b24-12-;. The first-order valence-corrected chi connectivity index (χ1v) is 12.8. The lowest BCUT2D eigenvalue weighted by molar-refractivity contribution is -0.763. The van der Waals surface area contributed by atoms with Crippen LogP contribution in [0.15, 0.2) is 71.1 Å². The van der Waals surface area contributed by atoms with Gasteiger partial charge in [0.05, 0.1) is 17.8 Å². The number of hydrogen-bond donors (Lipinski definition) is 0. The molecular weight excluding hydrogens is 535 g/mol. The summed E-state index contributed by atoms with van der Waals surface area (Å²) in [4.78, 5) is 32.3. The van der Waals surface area contributed by atoms with Crippen LogP contribution in [0.1, 0.15) is 41.4 Å². The summed E-state index contributed by atoms with van der Waals surface area (Å²) < 4.78 is 31.2. The molecule has 1 heterocycles. The van der Waals surface area contributed by atoms with Crippen molar-refractivity contribution < 1.29 is 28.1 Å². The van der Waals surface area contributed by atoms with E-state index in [1.165, 1.54) is 12.1 Å². The van der Waals surface area contributed by atoms with E-state index >= 15 is 0 Å². The van der Waals surface area contributed by atoms with Gasteiger partial charge in [0.1, 0.15) is 19.0 Å². The van der Waals surface area contributed by atoms with Crippen molar-refractivity contribution in [3.63, 3.8) is 0 Å². The number of carbonyl (C=O) groups excluding carboxylic acids is 1. The third-order valence-electron chi connectivity index (χ3n) is 5.86. The van der Waals surface area contributed by atoms with Gasteiger partial charge in [0, 0.05) is 22.0 Å². The second-order valence-corrected chi connectivity index (χ2v) is 9.71. The third-order valence-corrected chi connectivity index (χ3v) is 6.80. The van der Waals surface area contributed by atoms with E-state index in [1.807, 2.05) is 25.1 Å². The van der Waals surface area contributed by atoms with Crippen LogP contribution in [-0.2, 0) is 38.4 Å². The fourth-order valence-corrected chi connectivity index (χ4v) is 4.58. The maximum atomic E-state index is 14.1. The van der Waals surface area contributed by atoms with Crippen molar-refractivity contribution >= 4 is 46.4 Å². The van der Waals surface area contributed by atoms with Crippen LogP contribution < -0.4 is 0 Å². The van der Waals surface area contributed by atoms with E-state index < -0.39 is 27.7 Å². The first kappa shape index (κ1) is 28.7. The summed E-state index contributed by atoms with van der Waals surface area (Å²) in [6.45, 7) is 1.45. The molecule has 1 unspecified atom stereocenters. The molecule has 4 rings (SSSR count). The Morgan fingerprint density at radius 1 is 1.08 bits per heavy atom. The smallest absolute Gasteiger partial charge is 0.310 e. The molecule has 198 valence electrons. The number of ether oxygens (including phenoxy) is 1. The number of carbonyl (C=O) groups is 1. The molecule has 8 nitrogen and oxygen atoms in total. The van der Waals surface area contributed by atoms with E-state index in [0.717, 1.165) is 27.2 Å². The molecule has 1 aliphatic carbocycles. The van der Waals surface area contributed by atoms with Crippen LogP contribution >= 0.6 is 12.4 Å². The lowest BCUT2D eigenvalue weighted by atomic mass is 10.0. The first-order chi connectivity index (χ1) is 17.7. The van der Waals surface area contributed by atoms with Crippen molar-refractivity contribution in [3.8, 4) is 0 Å². The maximum Gasteiger partial charge on any atom is 0.310 e. The molecule has 38 heavy (non-hydrogen) atoms.